The van der Waals surface area contributed by atoms with Crippen molar-refractivity contribution in [1.82, 2.24) is 0 Å². The van der Waals surface area contributed by atoms with Crippen molar-refractivity contribution in [3.8, 4) is 11.8 Å². The van der Waals surface area contributed by atoms with Gasteiger partial charge in [-0.25, -0.2) is 0 Å². The normalized spacial score (nSPS) is 17.2. The fourth-order valence-electron chi connectivity index (χ4n) is 6.44. The van der Waals surface area contributed by atoms with E-state index in [0.717, 1.165) is 23.0 Å². The van der Waals surface area contributed by atoms with Gasteiger partial charge in [0.05, 0.1) is 0 Å². The summed E-state index contributed by atoms with van der Waals surface area (Å²) in [6.07, 6.45) is 23.4. The number of rotatable bonds is 14. The Labute approximate surface area is 240 Å². The number of hydrogen-bond acceptors (Lipinski definition) is 0. The van der Waals surface area contributed by atoms with Crippen LogP contribution in [0.3, 0.4) is 0 Å². The lowest BCUT2D eigenvalue weighted by Gasteiger charge is -2.29. The quantitative estimate of drug-likeness (QED) is 0.146. The van der Waals surface area contributed by atoms with Crippen LogP contribution in [-0.4, -0.2) is 0 Å². The molecule has 208 valence electrons. The lowest BCUT2D eigenvalue weighted by Crippen LogP contribution is -2.13. The number of unbranched alkanes of at least 4 members (excludes halogenated alkanes) is 9. The van der Waals surface area contributed by atoms with E-state index in [4.69, 9.17) is 0 Å². The zero-order chi connectivity index (χ0) is 27.1. The predicted molar refractivity (Wildman–Crippen MR) is 172 cm³/mol. The average Bonchev–Trinajstić information content (AvgIpc) is 2.98. The van der Waals surface area contributed by atoms with Crippen LogP contribution in [0.25, 0.3) is 10.8 Å². The molecule has 0 nitrogen and oxygen atoms in total. The van der Waals surface area contributed by atoms with Crippen LogP contribution in [0.1, 0.15) is 145 Å². The van der Waals surface area contributed by atoms with Gasteiger partial charge < -0.3 is 0 Å². The molecule has 0 aliphatic heterocycles. The second-order valence-corrected chi connectivity index (χ2v) is 12.2. The summed E-state index contributed by atoms with van der Waals surface area (Å²) in [6, 6.07) is 22.8. The third-order valence-electron chi connectivity index (χ3n) is 9.02. The zero-order valence-electron chi connectivity index (χ0n) is 24.9. The smallest absolute Gasteiger partial charge is 0.0255 e. The Morgan fingerprint density at radius 1 is 0.564 bits per heavy atom. The highest BCUT2D eigenvalue weighted by Gasteiger charge is 2.21. The van der Waals surface area contributed by atoms with Crippen LogP contribution in [0.5, 0.6) is 0 Å². The van der Waals surface area contributed by atoms with Crippen molar-refractivity contribution in [2.45, 2.75) is 129 Å². The molecule has 1 aliphatic carbocycles. The Morgan fingerprint density at radius 3 is 1.90 bits per heavy atom. The fraction of sp³-hybridized carbons (Fsp3) is 0.538. The van der Waals surface area contributed by atoms with E-state index in [1.807, 2.05) is 0 Å². The molecule has 0 atom stereocenters. The Kier molecular flexibility index (Phi) is 12.5. The van der Waals surface area contributed by atoms with Gasteiger partial charge in [-0.2, -0.15) is 0 Å². The third kappa shape index (κ3) is 9.87. The molecule has 39 heavy (non-hydrogen) atoms. The van der Waals surface area contributed by atoms with Gasteiger partial charge in [-0.05, 0) is 96.5 Å². The first-order valence-electron chi connectivity index (χ1n) is 16.4. The van der Waals surface area contributed by atoms with Gasteiger partial charge in [-0.1, -0.05) is 133 Å². The maximum Gasteiger partial charge on any atom is 0.0255 e. The first-order valence-corrected chi connectivity index (χ1v) is 16.4. The molecular formula is C39H52. The number of fused-ring (bicyclic) bond motifs is 1. The molecule has 3 aromatic rings. The van der Waals surface area contributed by atoms with Crippen molar-refractivity contribution in [1.29, 1.82) is 0 Å². The average molecular weight is 521 g/mol. The van der Waals surface area contributed by atoms with Gasteiger partial charge in [0.1, 0.15) is 0 Å². The maximum absolute atomic E-state index is 3.41. The van der Waals surface area contributed by atoms with Crippen LogP contribution in [0.15, 0.2) is 60.7 Å². The molecular weight excluding hydrogens is 468 g/mol. The van der Waals surface area contributed by atoms with Crippen molar-refractivity contribution < 1.29 is 0 Å². The van der Waals surface area contributed by atoms with Gasteiger partial charge in [0.2, 0.25) is 0 Å². The molecule has 0 amide bonds. The number of aryl methyl sites for hydroxylation is 1. The summed E-state index contributed by atoms with van der Waals surface area (Å²) in [6.45, 7) is 4.59. The van der Waals surface area contributed by atoms with Crippen LogP contribution < -0.4 is 0 Å². The molecule has 1 fully saturated rings. The van der Waals surface area contributed by atoms with Crippen molar-refractivity contribution in [3.05, 3.63) is 82.9 Å². The highest BCUT2D eigenvalue weighted by atomic mass is 14.3. The van der Waals surface area contributed by atoms with Gasteiger partial charge in [-0.3, -0.25) is 0 Å². The van der Waals surface area contributed by atoms with Crippen molar-refractivity contribution in [3.63, 3.8) is 0 Å². The van der Waals surface area contributed by atoms with Gasteiger partial charge >= 0.3 is 0 Å². The molecule has 1 aliphatic rings. The second kappa shape index (κ2) is 16.6. The van der Waals surface area contributed by atoms with E-state index in [0.29, 0.717) is 0 Å². The largest absolute Gasteiger partial charge is 0.0654 e. The summed E-state index contributed by atoms with van der Waals surface area (Å²) < 4.78 is 0. The molecule has 0 aromatic heterocycles. The first-order chi connectivity index (χ1) is 19.2. The standard InChI is InChI=1S/C39H52/c1-3-5-7-9-11-13-15-34-22-28-39-31-35(23-29-38(39)30-34)17-16-33-20-26-37(27-21-33)36-24-18-32(19-25-36)14-12-10-8-6-4-2/h20-23,26-32,36H,3-15,18-19,24-25H2,1-2H3. The van der Waals surface area contributed by atoms with Crippen LogP contribution in [-0.2, 0) is 6.42 Å². The van der Waals surface area contributed by atoms with E-state index in [-0.39, 0.29) is 0 Å². The van der Waals surface area contributed by atoms with Crippen LogP contribution in [0.4, 0.5) is 0 Å². The minimum absolute atomic E-state index is 0.745. The van der Waals surface area contributed by atoms with E-state index in [9.17, 15) is 0 Å². The molecule has 1 saturated carbocycles. The molecule has 0 bridgehead atoms. The SMILES string of the molecule is CCCCCCCCc1ccc2cc(C#Cc3ccc(C4CCC(CCCCCCC)CC4)cc3)ccc2c1. The van der Waals surface area contributed by atoms with Gasteiger partial charge in [0.15, 0.2) is 0 Å². The van der Waals surface area contributed by atoms with Crippen LogP contribution in [0.2, 0.25) is 0 Å². The van der Waals surface area contributed by atoms with E-state index in [2.05, 4.69) is 86.4 Å². The fourth-order valence-corrected chi connectivity index (χ4v) is 6.44. The maximum atomic E-state index is 3.41. The van der Waals surface area contributed by atoms with Crippen molar-refractivity contribution >= 4 is 10.8 Å². The topological polar surface area (TPSA) is 0 Å². The molecule has 0 saturated heterocycles. The Bertz CT molecular complexity index is 1160. The third-order valence-corrected chi connectivity index (χ3v) is 9.02. The highest BCUT2D eigenvalue weighted by molar-refractivity contribution is 5.84. The minimum atomic E-state index is 0.745. The molecule has 0 N–H and O–H groups in total. The van der Waals surface area contributed by atoms with Crippen LogP contribution in [0, 0.1) is 17.8 Å². The Hall–Kier alpha value is -2.52. The molecule has 4 rings (SSSR count). The first kappa shape index (κ1) is 29.5. The Morgan fingerprint density at radius 2 is 1.15 bits per heavy atom. The molecule has 0 heteroatoms. The van der Waals surface area contributed by atoms with E-state index < -0.39 is 0 Å². The summed E-state index contributed by atoms with van der Waals surface area (Å²) in [5.41, 5.74) is 5.20. The molecule has 0 radical (unpaired) electrons. The number of hydrogen-bond donors (Lipinski definition) is 0. The molecule has 0 unspecified atom stereocenters. The molecule has 0 spiro atoms. The summed E-state index contributed by atoms with van der Waals surface area (Å²) in [7, 11) is 0. The minimum Gasteiger partial charge on any atom is -0.0654 e. The Balaban J connectivity index is 1.24. The molecule has 0 heterocycles. The van der Waals surface area contributed by atoms with E-state index in [1.54, 1.807) is 0 Å². The number of benzene rings is 3. The lowest BCUT2D eigenvalue weighted by molar-refractivity contribution is 0.302. The summed E-state index contributed by atoms with van der Waals surface area (Å²) in [5, 5.41) is 2.63. The zero-order valence-corrected chi connectivity index (χ0v) is 24.9. The summed E-state index contributed by atoms with van der Waals surface area (Å²) in [5.74, 6) is 8.54. The van der Waals surface area contributed by atoms with Gasteiger partial charge in [-0.15, -0.1) is 0 Å². The van der Waals surface area contributed by atoms with E-state index in [1.165, 1.54) is 131 Å². The van der Waals surface area contributed by atoms with Gasteiger partial charge in [0, 0.05) is 11.1 Å². The lowest BCUT2D eigenvalue weighted by atomic mass is 9.77. The van der Waals surface area contributed by atoms with Crippen molar-refractivity contribution in [2.24, 2.45) is 5.92 Å². The highest BCUT2D eigenvalue weighted by Crippen LogP contribution is 2.37. The monoisotopic (exact) mass is 520 g/mol. The summed E-state index contributed by atoms with van der Waals surface area (Å²) >= 11 is 0. The second-order valence-electron chi connectivity index (χ2n) is 12.2. The van der Waals surface area contributed by atoms with Crippen molar-refractivity contribution in [2.75, 3.05) is 0 Å². The summed E-state index contributed by atoms with van der Waals surface area (Å²) in [4.78, 5) is 0. The van der Waals surface area contributed by atoms with Gasteiger partial charge in [0.25, 0.3) is 0 Å². The van der Waals surface area contributed by atoms with E-state index >= 15 is 0 Å². The molecule has 3 aromatic carbocycles. The predicted octanol–water partition coefficient (Wildman–Crippen LogP) is 11.8. The van der Waals surface area contributed by atoms with Crippen LogP contribution >= 0.6 is 0 Å².